The van der Waals surface area contributed by atoms with Gasteiger partial charge in [0.05, 0.1) is 12.5 Å². The fourth-order valence-corrected chi connectivity index (χ4v) is 1.93. The van der Waals surface area contributed by atoms with Crippen molar-refractivity contribution in [3.05, 3.63) is 22.7 Å². The van der Waals surface area contributed by atoms with Crippen molar-refractivity contribution in [2.45, 2.75) is 27.2 Å². The molecule has 1 aromatic heterocycles. The van der Waals surface area contributed by atoms with Gasteiger partial charge in [0, 0.05) is 18.8 Å². The van der Waals surface area contributed by atoms with Crippen LogP contribution in [-0.2, 0) is 0 Å². The minimum absolute atomic E-state index is 0.0631. The molecule has 0 N–H and O–H groups in total. The number of rotatable bonds is 5. The summed E-state index contributed by atoms with van der Waals surface area (Å²) in [5.41, 5.74) is 0.921. The van der Waals surface area contributed by atoms with Crippen molar-refractivity contribution in [2.24, 2.45) is 5.92 Å². The first kappa shape index (κ1) is 15.4. The fraction of sp³-hybridized carbons (Fsp3) is 0.538. The lowest BCUT2D eigenvalue weighted by Crippen LogP contribution is -2.35. The van der Waals surface area contributed by atoms with Crippen LogP contribution in [0.5, 0.6) is 0 Å². The number of nitriles is 1. The number of aromatic nitrogens is 2. The van der Waals surface area contributed by atoms with Crippen LogP contribution >= 0.6 is 11.6 Å². The van der Waals surface area contributed by atoms with Gasteiger partial charge in [-0.25, -0.2) is 9.97 Å². The third kappa shape index (κ3) is 4.84. The van der Waals surface area contributed by atoms with Crippen LogP contribution in [0.25, 0.3) is 0 Å². The number of halogens is 1. The number of carbonyl (C=O) groups is 1. The molecule has 102 valence electrons. The molecule has 0 atom stereocenters. The third-order valence-corrected chi connectivity index (χ3v) is 2.58. The van der Waals surface area contributed by atoms with E-state index in [9.17, 15) is 4.79 Å². The maximum Gasteiger partial charge on any atom is 0.272 e. The second-order valence-electron chi connectivity index (χ2n) is 4.72. The smallest absolute Gasteiger partial charge is 0.272 e. The molecule has 0 spiro atoms. The first-order valence-corrected chi connectivity index (χ1v) is 6.49. The summed E-state index contributed by atoms with van der Waals surface area (Å²) in [7, 11) is 0. The van der Waals surface area contributed by atoms with Crippen LogP contribution in [0.1, 0.15) is 36.5 Å². The lowest BCUT2D eigenvalue weighted by Gasteiger charge is -2.23. The second kappa shape index (κ2) is 7.05. The van der Waals surface area contributed by atoms with E-state index in [0.717, 1.165) is 0 Å². The van der Waals surface area contributed by atoms with E-state index in [1.807, 2.05) is 19.9 Å². The van der Waals surface area contributed by atoms with Crippen molar-refractivity contribution in [1.29, 1.82) is 5.26 Å². The molecule has 1 amide bonds. The Bertz CT molecular complexity index is 476. The van der Waals surface area contributed by atoms with Crippen LogP contribution in [-0.4, -0.2) is 33.9 Å². The standard InChI is InChI=1S/C13H17ClN4O/c1-9(2)8-18(6-4-5-15)12(19)11-7-10(3)16-13(14)17-11/h7,9H,4,6,8H2,1-3H3. The average molecular weight is 281 g/mol. The number of carbonyl (C=O) groups excluding carboxylic acids is 1. The minimum atomic E-state index is -0.212. The topological polar surface area (TPSA) is 69.9 Å². The highest BCUT2D eigenvalue weighted by Gasteiger charge is 2.19. The van der Waals surface area contributed by atoms with Gasteiger partial charge in [-0.05, 0) is 30.5 Å². The van der Waals surface area contributed by atoms with Gasteiger partial charge in [-0.3, -0.25) is 4.79 Å². The summed E-state index contributed by atoms with van der Waals surface area (Å²) >= 11 is 5.76. The molecule has 6 heteroatoms. The molecular weight excluding hydrogens is 264 g/mol. The van der Waals surface area contributed by atoms with Gasteiger partial charge in [0.1, 0.15) is 5.69 Å². The van der Waals surface area contributed by atoms with E-state index in [1.165, 1.54) is 0 Å². The van der Waals surface area contributed by atoms with E-state index in [-0.39, 0.29) is 16.9 Å². The molecule has 1 aromatic rings. The highest BCUT2D eigenvalue weighted by Crippen LogP contribution is 2.10. The Balaban J connectivity index is 2.94. The third-order valence-electron chi connectivity index (χ3n) is 2.41. The summed E-state index contributed by atoms with van der Waals surface area (Å²) in [6.07, 6.45) is 0.302. The van der Waals surface area contributed by atoms with E-state index in [1.54, 1.807) is 17.9 Å². The summed E-state index contributed by atoms with van der Waals surface area (Å²) < 4.78 is 0. The summed E-state index contributed by atoms with van der Waals surface area (Å²) in [6.45, 7) is 6.78. The Morgan fingerprint density at radius 3 is 2.74 bits per heavy atom. The Kier molecular flexibility index (Phi) is 5.71. The maximum absolute atomic E-state index is 12.4. The highest BCUT2D eigenvalue weighted by atomic mass is 35.5. The molecule has 0 aliphatic rings. The number of aryl methyl sites for hydroxylation is 1. The first-order valence-electron chi connectivity index (χ1n) is 6.11. The molecule has 19 heavy (non-hydrogen) atoms. The fourth-order valence-electron chi connectivity index (χ4n) is 1.71. The summed E-state index contributed by atoms with van der Waals surface area (Å²) in [5.74, 6) is 0.109. The van der Waals surface area contributed by atoms with Crippen molar-refractivity contribution in [3.63, 3.8) is 0 Å². The highest BCUT2D eigenvalue weighted by molar-refractivity contribution is 6.28. The molecule has 5 nitrogen and oxygen atoms in total. The van der Waals surface area contributed by atoms with Crippen molar-refractivity contribution >= 4 is 17.5 Å². The Morgan fingerprint density at radius 2 is 2.21 bits per heavy atom. The minimum Gasteiger partial charge on any atom is -0.336 e. The van der Waals surface area contributed by atoms with Gasteiger partial charge in [0.15, 0.2) is 0 Å². The van der Waals surface area contributed by atoms with Gasteiger partial charge < -0.3 is 4.90 Å². The van der Waals surface area contributed by atoms with Crippen LogP contribution in [0.4, 0.5) is 0 Å². The zero-order valence-electron chi connectivity index (χ0n) is 11.4. The van der Waals surface area contributed by atoms with E-state index in [0.29, 0.717) is 31.1 Å². The van der Waals surface area contributed by atoms with E-state index in [4.69, 9.17) is 16.9 Å². The van der Waals surface area contributed by atoms with Gasteiger partial charge >= 0.3 is 0 Å². The Labute approximate surface area is 118 Å². The van der Waals surface area contributed by atoms with Crippen LogP contribution in [0, 0.1) is 24.2 Å². The zero-order valence-corrected chi connectivity index (χ0v) is 12.1. The molecule has 0 radical (unpaired) electrons. The van der Waals surface area contributed by atoms with Gasteiger partial charge in [0.2, 0.25) is 5.28 Å². The molecular formula is C13H17ClN4O. The predicted molar refractivity (Wildman–Crippen MR) is 72.8 cm³/mol. The van der Waals surface area contributed by atoms with Crippen LogP contribution < -0.4 is 0 Å². The lowest BCUT2D eigenvalue weighted by atomic mass is 10.2. The quantitative estimate of drug-likeness (QED) is 0.777. The van der Waals surface area contributed by atoms with Crippen molar-refractivity contribution in [1.82, 2.24) is 14.9 Å². The molecule has 0 aromatic carbocycles. The predicted octanol–water partition coefficient (Wildman–Crippen LogP) is 2.45. The number of hydrogen-bond donors (Lipinski definition) is 0. The average Bonchev–Trinajstić information content (AvgIpc) is 2.32. The van der Waals surface area contributed by atoms with Crippen LogP contribution in [0.2, 0.25) is 5.28 Å². The molecule has 0 fully saturated rings. The number of nitrogens with zero attached hydrogens (tertiary/aromatic N) is 4. The normalized spacial score (nSPS) is 10.3. The van der Waals surface area contributed by atoms with Gasteiger partial charge in [-0.15, -0.1) is 0 Å². The van der Waals surface area contributed by atoms with Crippen LogP contribution in [0.15, 0.2) is 6.07 Å². The number of amides is 1. The maximum atomic E-state index is 12.4. The largest absolute Gasteiger partial charge is 0.336 e. The summed E-state index contributed by atoms with van der Waals surface area (Å²) in [4.78, 5) is 21.9. The first-order chi connectivity index (χ1) is 8.93. The molecule has 1 heterocycles. The van der Waals surface area contributed by atoms with E-state index >= 15 is 0 Å². The molecule has 0 saturated heterocycles. The van der Waals surface area contributed by atoms with E-state index in [2.05, 4.69) is 9.97 Å². The lowest BCUT2D eigenvalue weighted by molar-refractivity contribution is 0.0733. The van der Waals surface area contributed by atoms with Crippen molar-refractivity contribution < 1.29 is 4.79 Å². The zero-order chi connectivity index (χ0) is 14.4. The summed E-state index contributed by atoms with van der Waals surface area (Å²) in [5, 5.41) is 8.72. The molecule has 0 saturated carbocycles. The van der Waals surface area contributed by atoms with Crippen molar-refractivity contribution in [2.75, 3.05) is 13.1 Å². The van der Waals surface area contributed by atoms with Crippen molar-refractivity contribution in [3.8, 4) is 6.07 Å². The second-order valence-corrected chi connectivity index (χ2v) is 5.05. The van der Waals surface area contributed by atoms with Gasteiger partial charge in [-0.2, -0.15) is 5.26 Å². The van der Waals surface area contributed by atoms with E-state index < -0.39 is 0 Å². The Morgan fingerprint density at radius 1 is 1.53 bits per heavy atom. The Hall–Kier alpha value is -1.67. The molecule has 1 rings (SSSR count). The number of hydrogen-bond acceptors (Lipinski definition) is 4. The molecule has 0 aliphatic carbocycles. The molecule has 0 bridgehead atoms. The summed E-state index contributed by atoms with van der Waals surface area (Å²) in [6, 6.07) is 3.65. The molecule has 0 aliphatic heterocycles. The SMILES string of the molecule is Cc1cc(C(=O)N(CCC#N)CC(C)C)nc(Cl)n1. The van der Waals surface area contributed by atoms with Crippen LogP contribution in [0.3, 0.4) is 0 Å². The van der Waals surface area contributed by atoms with Gasteiger partial charge in [-0.1, -0.05) is 13.8 Å². The monoisotopic (exact) mass is 280 g/mol. The molecule has 0 unspecified atom stereocenters. The van der Waals surface area contributed by atoms with Gasteiger partial charge in [0.25, 0.3) is 5.91 Å².